The number of hydrogen-bond acceptors (Lipinski definition) is 5. The normalized spacial score (nSPS) is 10.6. The number of likely N-dealkylation sites (N-methyl/N-ethyl adjacent to an activating group) is 1. The van der Waals surface area contributed by atoms with Crippen LogP contribution in [0, 0.1) is 6.92 Å². The first-order chi connectivity index (χ1) is 14.0. The van der Waals surface area contributed by atoms with E-state index >= 15 is 0 Å². The van der Waals surface area contributed by atoms with Crippen LogP contribution in [-0.4, -0.2) is 41.5 Å². The fourth-order valence-electron chi connectivity index (χ4n) is 2.82. The lowest BCUT2D eigenvalue weighted by molar-refractivity contribution is -0.132. The van der Waals surface area contributed by atoms with Crippen molar-refractivity contribution in [3.05, 3.63) is 66.1 Å². The summed E-state index contributed by atoms with van der Waals surface area (Å²) < 4.78 is 5.70. The average Bonchev–Trinajstić information content (AvgIpc) is 3.09. The Morgan fingerprint density at radius 3 is 2.52 bits per heavy atom. The van der Waals surface area contributed by atoms with Gasteiger partial charge in [0.25, 0.3) is 0 Å². The topological polar surface area (TPSA) is 75.4 Å². The molecule has 29 heavy (non-hydrogen) atoms. The second kappa shape index (κ2) is 9.43. The zero-order valence-corrected chi connectivity index (χ0v) is 17.5. The third kappa shape index (κ3) is 5.26. The molecule has 1 aromatic heterocycles. The van der Waals surface area contributed by atoms with Crippen LogP contribution in [0.1, 0.15) is 11.5 Å². The molecule has 6 nitrogen and oxygen atoms in total. The molecule has 1 heterocycles. The van der Waals surface area contributed by atoms with Crippen molar-refractivity contribution in [2.75, 3.05) is 25.2 Å². The molecule has 0 spiro atoms. The van der Waals surface area contributed by atoms with Crippen molar-refractivity contribution in [3.63, 3.8) is 0 Å². The first-order valence-electron chi connectivity index (χ1n) is 9.16. The number of benzene rings is 2. The number of carbonyl (C=O) groups is 2. The van der Waals surface area contributed by atoms with Gasteiger partial charge in [0.05, 0.1) is 24.3 Å². The maximum absolute atomic E-state index is 12.6. The summed E-state index contributed by atoms with van der Waals surface area (Å²) in [6, 6.07) is 17.1. The van der Waals surface area contributed by atoms with Crippen molar-refractivity contribution in [3.8, 4) is 11.5 Å². The largest absolute Gasteiger partial charge is 0.441 e. The molecule has 0 atom stereocenters. The fourth-order valence-corrected chi connectivity index (χ4v) is 3.37. The first-order valence-corrected chi connectivity index (χ1v) is 10.4. The summed E-state index contributed by atoms with van der Waals surface area (Å²) in [4.78, 5) is 31.8. The van der Waals surface area contributed by atoms with E-state index in [4.69, 9.17) is 4.42 Å². The Labute approximate surface area is 174 Å². The Morgan fingerprint density at radius 1 is 1.10 bits per heavy atom. The molecule has 1 N–H and O–H groups in total. The van der Waals surface area contributed by atoms with Gasteiger partial charge >= 0.3 is 0 Å². The number of aromatic nitrogens is 1. The number of hydrogen-bond donors (Lipinski definition) is 1. The van der Waals surface area contributed by atoms with Gasteiger partial charge in [0.15, 0.2) is 0 Å². The van der Waals surface area contributed by atoms with E-state index in [0.29, 0.717) is 17.3 Å². The third-order valence-corrected chi connectivity index (χ3v) is 5.22. The number of thioether (sulfide) groups is 1. The SMILES string of the molecule is CSc1ccccc1NC(=O)CN(C)C(=O)Cc1nc(-c2ccccc2)oc1C. The predicted molar refractivity (Wildman–Crippen MR) is 115 cm³/mol. The van der Waals surface area contributed by atoms with E-state index in [2.05, 4.69) is 10.3 Å². The van der Waals surface area contributed by atoms with Gasteiger partial charge in [-0.25, -0.2) is 4.98 Å². The van der Waals surface area contributed by atoms with Gasteiger partial charge in [-0.1, -0.05) is 30.3 Å². The molecule has 3 rings (SSSR count). The molecule has 0 aliphatic carbocycles. The highest BCUT2D eigenvalue weighted by Crippen LogP contribution is 2.24. The van der Waals surface area contributed by atoms with Gasteiger partial charge in [0.2, 0.25) is 17.7 Å². The summed E-state index contributed by atoms with van der Waals surface area (Å²) in [5.41, 5.74) is 2.18. The summed E-state index contributed by atoms with van der Waals surface area (Å²) >= 11 is 1.55. The molecule has 0 saturated heterocycles. The van der Waals surface area contributed by atoms with E-state index < -0.39 is 0 Å². The zero-order valence-electron chi connectivity index (χ0n) is 16.6. The molecule has 0 saturated carbocycles. The molecule has 0 aliphatic rings. The highest BCUT2D eigenvalue weighted by molar-refractivity contribution is 7.98. The maximum atomic E-state index is 12.6. The van der Waals surface area contributed by atoms with Crippen molar-refractivity contribution in [1.29, 1.82) is 0 Å². The molecule has 2 amide bonds. The summed E-state index contributed by atoms with van der Waals surface area (Å²) in [5, 5.41) is 2.86. The number of rotatable bonds is 7. The Balaban J connectivity index is 1.61. The van der Waals surface area contributed by atoms with Crippen molar-refractivity contribution < 1.29 is 14.0 Å². The molecular weight excluding hydrogens is 386 g/mol. The predicted octanol–water partition coefficient (Wildman–Crippen LogP) is 4.01. The van der Waals surface area contributed by atoms with E-state index in [9.17, 15) is 9.59 Å². The van der Waals surface area contributed by atoms with Gasteiger partial charge in [0.1, 0.15) is 5.76 Å². The smallest absolute Gasteiger partial charge is 0.244 e. The zero-order chi connectivity index (χ0) is 20.8. The fraction of sp³-hybridized carbons (Fsp3) is 0.227. The molecule has 2 aromatic carbocycles. The van der Waals surface area contributed by atoms with E-state index in [1.807, 2.05) is 60.9 Å². The minimum absolute atomic E-state index is 0.0377. The van der Waals surface area contributed by atoms with Crippen LogP contribution in [0.15, 0.2) is 63.9 Å². The summed E-state index contributed by atoms with van der Waals surface area (Å²) in [6.07, 6.45) is 2.03. The summed E-state index contributed by atoms with van der Waals surface area (Å²) in [6.45, 7) is 1.75. The van der Waals surface area contributed by atoms with Gasteiger partial charge < -0.3 is 14.6 Å². The molecule has 150 valence electrons. The minimum atomic E-state index is -0.246. The lowest BCUT2D eigenvalue weighted by Crippen LogP contribution is -2.36. The van der Waals surface area contributed by atoms with Gasteiger partial charge in [-0.15, -0.1) is 11.8 Å². The quantitative estimate of drug-likeness (QED) is 0.597. The third-order valence-electron chi connectivity index (χ3n) is 4.42. The Hall–Kier alpha value is -3.06. The number of carbonyl (C=O) groups excluding carboxylic acids is 2. The van der Waals surface area contributed by atoms with Crippen molar-refractivity contribution >= 4 is 29.3 Å². The summed E-state index contributed by atoms with van der Waals surface area (Å²) in [5.74, 6) is 0.641. The Bertz CT molecular complexity index is 1000. The molecule has 0 bridgehead atoms. The van der Waals surface area contributed by atoms with Gasteiger partial charge in [-0.3, -0.25) is 9.59 Å². The van der Waals surface area contributed by atoms with Crippen LogP contribution < -0.4 is 5.32 Å². The van der Waals surface area contributed by atoms with E-state index in [1.165, 1.54) is 4.90 Å². The van der Waals surface area contributed by atoms with E-state index in [0.717, 1.165) is 16.1 Å². The number of nitrogens with one attached hydrogen (secondary N) is 1. The number of aryl methyl sites for hydroxylation is 1. The molecule has 0 unspecified atom stereocenters. The Kier molecular flexibility index (Phi) is 6.72. The van der Waals surface area contributed by atoms with Crippen molar-refractivity contribution in [1.82, 2.24) is 9.88 Å². The van der Waals surface area contributed by atoms with Crippen molar-refractivity contribution in [2.45, 2.75) is 18.2 Å². The van der Waals surface area contributed by atoms with Crippen molar-refractivity contribution in [2.24, 2.45) is 0 Å². The number of anilines is 1. The minimum Gasteiger partial charge on any atom is -0.441 e. The highest BCUT2D eigenvalue weighted by Gasteiger charge is 2.19. The summed E-state index contributed by atoms with van der Waals surface area (Å²) in [7, 11) is 1.61. The highest BCUT2D eigenvalue weighted by atomic mass is 32.2. The van der Waals surface area contributed by atoms with E-state index in [1.54, 1.807) is 25.7 Å². The molecule has 0 radical (unpaired) electrons. The van der Waals surface area contributed by atoms with Crippen LogP contribution in [0.4, 0.5) is 5.69 Å². The van der Waals surface area contributed by atoms with Crippen LogP contribution in [0.25, 0.3) is 11.5 Å². The average molecular weight is 410 g/mol. The molecule has 7 heteroatoms. The van der Waals surface area contributed by atoms with Gasteiger partial charge in [-0.2, -0.15) is 0 Å². The molecular formula is C22H23N3O3S. The maximum Gasteiger partial charge on any atom is 0.244 e. The monoisotopic (exact) mass is 409 g/mol. The van der Waals surface area contributed by atoms with Gasteiger partial charge in [0, 0.05) is 17.5 Å². The first kappa shape index (κ1) is 20.7. The van der Waals surface area contributed by atoms with Crippen LogP contribution in [-0.2, 0) is 16.0 Å². The Morgan fingerprint density at radius 2 is 1.79 bits per heavy atom. The van der Waals surface area contributed by atoms with Gasteiger partial charge in [-0.05, 0) is 37.4 Å². The van der Waals surface area contributed by atoms with Crippen LogP contribution in [0.5, 0.6) is 0 Å². The molecule has 0 fully saturated rings. The number of para-hydroxylation sites is 1. The second-order valence-electron chi connectivity index (χ2n) is 6.56. The lowest BCUT2D eigenvalue weighted by Gasteiger charge is -2.17. The van der Waals surface area contributed by atoms with E-state index in [-0.39, 0.29) is 24.8 Å². The number of nitrogens with zero attached hydrogens (tertiary/aromatic N) is 2. The molecule has 0 aliphatic heterocycles. The standard InChI is InChI=1S/C22H23N3O3S/c1-15-18(24-22(28-15)16-9-5-4-6-10-16)13-21(27)25(2)14-20(26)23-17-11-7-8-12-19(17)29-3/h4-12H,13-14H2,1-3H3,(H,23,26). The number of amides is 2. The van der Waals surface area contributed by atoms with Crippen LogP contribution in [0.2, 0.25) is 0 Å². The lowest BCUT2D eigenvalue weighted by atomic mass is 10.2. The van der Waals surface area contributed by atoms with Crippen LogP contribution >= 0.6 is 11.8 Å². The second-order valence-corrected chi connectivity index (χ2v) is 7.41. The number of oxazole rings is 1. The molecule has 3 aromatic rings. The van der Waals surface area contributed by atoms with Crippen LogP contribution in [0.3, 0.4) is 0 Å².